The normalized spacial score (nSPS) is 15.3. The summed E-state index contributed by atoms with van der Waals surface area (Å²) in [5, 5.41) is 0. The van der Waals surface area contributed by atoms with Crippen LogP contribution in [0.4, 0.5) is 4.79 Å². The Balaban J connectivity index is 1.41. The number of amides is 2. The van der Waals surface area contributed by atoms with Crippen LogP contribution in [0.2, 0.25) is 0 Å². The van der Waals surface area contributed by atoms with Gasteiger partial charge in [0, 0.05) is 17.7 Å². The molecule has 3 aromatic rings. The fourth-order valence-electron chi connectivity index (χ4n) is 4.11. The zero-order valence-corrected chi connectivity index (χ0v) is 21.0. The van der Waals surface area contributed by atoms with Crippen molar-refractivity contribution in [1.82, 2.24) is 9.88 Å². The topological polar surface area (TPSA) is 91.1 Å². The molecule has 1 atom stereocenters. The van der Waals surface area contributed by atoms with Crippen LogP contribution in [0.3, 0.4) is 0 Å². The van der Waals surface area contributed by atoms with E-state index in [9.17, 15) is 9.59 Å². The average molecular weight is 493 g/mol. The molecule has 0 N–H and O–H groups in total. The number of rotatable bonds is 12. The van der Waals surface area contributed by atoms with E-state index in [4.69, 9.17) is 18.6 Å². The molecule has 1 saturated heterocycles. The maximum Gasteiger partial charge on any atom is 0.417 e. The lowest BCUT2D eigenvalue weighted by molar-refractivity contribution is -0.129. The van der Waals surface area contributed by atoms with Crippen LogP contribution in [0.25, 0.3) is 11.5 Å². The molecule has 2 heterocycles. The molecule has 0 radical (unpaired) electrons. The zero-order chi connectivity index (χ0) is 25.5. The summed E-state index contributed by atoms with van der Waals surface area (Å²) in [7, 11) is 1.52. The third-order valence-electron chi connectivity index (χ3n) is 6.18. The number of methoxy groups -OCH3 is 1. The van der Waals surface area contributed by atoms with E-state index in [0.29, 0.717) is 41.0 Å². The summed E-state index contributed by atoms with van der Waals surface area (Å²) in [5.41, 5.74) is 2.10. The summed E-state index contributed by atoms with van der Waals surface area (Å²) >= 11 is 0. The number of cyclic esters (lactones) is 1. The largest absolute Gasteiger partial charge is 0.493 e. The van der Waals surface area contributed by atoms with E-state index in [1.54, 1.807) is 18.2 Å². The van der Waals surface area contributed by atoms with Crippen molar-refractivity contribution in [2.24, 2.45) is 0 Å². The van der Waals surface area contributed by atoms with Gasteiger partial charge in [-0.25, -0.2) is 14.7 Å². The molecule has 2 aromatic carbocycles. The van der Waals surface area contributed by atoms with Crippen LogP contribution in [-0.4, -0.2) is 35.5 Å². The molecule has 2 amide bonds. The van der Waals surface area contributed by atoms with Crippen LogP contribution < -0.4 is 9.47 Å². The van der Waals surface area contributed by atoms with Crippen LogP contribution in [0.15, 0.2) is 52.9 Å². The lowest BCUT2D eigenvalue weighted by atomic mass is 10.1. The number of imide groups is 1. The molecule has 8 nitrogen and oxygen atoms in total. The van der Waals surface area contributed by atoms with Gasteiger partial charge in [-0.15, -0.1) is 0 Å². The van der Waals surface area contributed by atoms with Gasteiger partial charge in [0.05, 0.1) is 7.11 Å². The number of aryl methyl sites for hydroxylation is 1. The van der Waals surface area contributed by atoms with Gasteiger partial charge in [0.15, 0.2) is 11.5 Å². The Morgan fingerprint density at radius 3 is 2.53 bits per heavy atom. The molecule has 1 unspecified atom stereocenters. The Morgan fingerprint density at radius 1 is 1.00 bits per heavy atom. The Hall–Kier alpha value is -3.81. The molecular weight excluding hydrogens is 460 g/mol. The van der Waals surface area contributed by atoms with E-state index in [-0.39, 0.29) is 12.5 Å². The Kier molecular flexibility index (Phi) is 8.25. The van der Waals surface area contributed by atoms with Crippen molar-refractivity contribution in [1.29, 1.82) is 0 Å². The quantitative estimate of drug-likeness (QED) is 0.277. The standard InChI is InChI=1S/C28H32N2O6/c1-4-5-6-7-11-16-30-27(31)25(36-28(30)32)21-14-15-23(24(17-21)33-3)34-18-22-19(2)35-26(29-22)20-12-9-8-10-13-20/h8-10,12-15,17,25H,4-7,11,16,18H2,1-3H3. The predicted molar refractivity (Wildman–Crippen MR) is 134 cm³/mol. The number of carbonyl (C=O) groups excluding carboxylic acids is 2. The predicted octanol–water partition coefficient (Wildman–Crippen LogP) is 6.23. The lowest BCUT2D eigenvalue weighted by Crippen LogP contribution is -2.30. The summed E-state index contributed by atoms with van der Waals surface area (Å²) in [6, 6.07) is 14.7. The molecule has 190 valence electrons. The van der Waals surface area contributed by atoms with Crippen molar-refractivity contribution in [3.05, 3.63) is 65.5 Å². The summed E-state index contributed by atoms with van der Waals surface area (Å²) in [5.74, 6) is 1.76. The third-order valence-corrected chi connectivity index (χ3v) is 6.18. The molecule has 8 heteroatoms. The first-order valence-corrected chi connectivity index (χ1v) is 12.4. The minimum Gasteiger partial charge on any atom is -0.493 e. The van der Waals surface area contributed by atoms with Crippen LogP contribution in [0.1, 0.15) is 62.1 Å². The van der Waals surface area contributed by atoms with Crippen molar-refractivity contribution in [3.63, 3.8) is 0 Å². The van der Waals surface area contributed by atoms with E-state index in [1.165, 1.54) is 12.0 Å². The highest BCUT2D eigenvalue weighted by molar-refractivity contribution is 6.00. The molecule has 1 aliphatic heterocycles. The van der Waals surface area contributed by atoms with Gasteiger partial charge >= 0.3 is 6.09 Å². The van der Waals surface area contributed by atoms with E-state index in [0.717, 1.165) is 37.7 Å². The van der Waals surface area contributed by atoms with Gasteiger partial charge < -0.3 is 18.6 Å². The Labute approximate surface area is 211 Å². The first kappa shape index (κ1) is 25.3. The van der Waals surface area contributed by atoms with Crippen LogP contribution in [0.5, 0.6) is 11.5 Å². The smallest absolute Gasteiger partial charge is 0.417 e. The fourth-order valence-corrected chi connectivity index (χ4v) is 4.11. The number of nitrogens with zero attached hydrogens (tertiary/aromatic N) is 2. The van der Waals surface area contributed by atoms with Gasteiger partial charge in [0.1, 0.15) is 18.1 Å². The minimum absolute atomic E-state index is 0.182. The number of hydrogen-bond donors (Lipinski definition) is 0. The van der Waals surface area contributed by atoms with Gasteiger partial charge in [-0.3, -0.25) is 4.79 Å². The second-order valence-electron chi connectivity index (χ2n) is 8.75. The van der Waals surface area contributed by atoms with Crippen molar-refractivity contribution in [2.45, 2.75) is 58.7 Å². The van der Waals surface area contributed by atoms with E-state index in [1.807, 2.05) is 37.3 Å². The molecule has 0 bridgehead atoms. The molecule has 36 heavy (non-hydrogen) atoms. The highest BCUT2D eigenvalue weighted by Gasteiger charge is 2.41. The second-order valence-corrected chi connectivity index (χ2v) is 8.75. The Morgan fingerprint density at radius 2 is 1.78 bits per heavy atom. The van der Waals surface area contributed by atoms with Crippen molar-refractivity contribution < 1.29 is 28.2 Å². The van der Waals surface area contributed by atoms with Crippen LogP contribution in [0, 0.1) is 6.92 Å². The number of unbranched alkanes of at least 4 members (excludes halogenated alkanes) is 4. The summed E-state index contributed by atoms with van der Waals surface area (Å²) in [4.78, 5) is 31.0. The van der Waals surface area contributed by atoms with Crippen molar-refractivity contribution in [2.75, 3.05) is 13.7 Å². The number of carbonyl (C=O) groups is 2. The van der Waals surface area contributed by atoms with Crippen LogP contribution in [-0.2, 0) is 16.1 Å². The SMILES string of the molecule is CCCCCCCN1C(=O)OC(c2ccc(OCc3nc(-c4ccccc4)oc3C)c(OC)c2)C1=O. The molecule has 0 aliphatic carbocycles. The maximum atomic E-state index is 12.9. The van der Waals surface area contributed by atoms with Gasteiger partial charge in [-0.05, 0) is 37.6 Å². The zero-order valence-electron chi connectivity index (χ0n) is 21.0. The highest BCUT2D eigenvalue weighted by atomic mass is 16.6. The van der Waals surface area contributed by atoms with Crippen LogP contribution >= 0.6 is 0 Å². The Bertz CT molecular complexity index is 1190. The number of aromatic nitrogens is 1. The first-order chi connectivity index (χ1) is 17.5. The second kappa shape index (κ2) is 11.7. The fraction of sp³-hybridized carbons (Fsp3) is 0.393. The van der Waals surface area contributed by atoms with Gasteiger partial charge in [-0.2, -0.15) is 0 Å². The van der Waals surface area contributed by atoms with E-state index < -0.39 is 12.2 Å². The molecule has 1 aromatic heterocycles. The van der Waals surface area contributed by atoms with E-state index >= 15 is 0 Å². The van der Waals surface area contributed by atoms with Crippen molar-refractivity contribution in [3.8, 4) is 23.0 Å². The lowest BCUT2D eigenvalue weighted by Gasteiger charge is -2.14. The maximum absolute atomic E-state index is 12.9. The van der Waals surface area contributed by atoms with E-state index in [2.05, 4.69) is 11.9 Å². The third kappa shape index (κ3) is 5.70. The average Bonchev–Trinajstić information content (AvgIpc) is 3.41. The molecule has 1 aliphatic rings. The number of hydrogen-bond acceptors (Lipinski definition) is 7. The molecule has 4 rings (SSSR count). The minimum atomic E-state index is -0.984. The summed E-state index contributed by atoms with van der Waals surface area (Å²) in [6.45, 7) is 4.54. The van der Waals surface area contributed by atoms with Gasteiger partial charge in [0.25, 0.3) is 5.91 Å². The highest BCUT2D eigenvalue weighted by Crippen LogP contribution is 2.35. The molecule has 1 fully saturated rings. The van der Waals surface area contributed by atoms with Gasteiger partial charge in [-0.1, -0.05) is 56.9 Å². The molecule has 0 saturated carbocycles. The molecule has 0 spiro atoms. The molecular formula is C28H32N2O6. The first-order valence-electron chi connectivity index (χ1n) is 12.4. The summed E-state index contributed by atoms with van der Waals surface area (Å²) in [6.07, 6.45) is 3.56. The number of oxazole rings is 1. The number of benzene rings is 2. The van der Waals surface area contributed by atoms with Gasteiger partial charge in [0.2, 0.25) is 12.0 Å². The monoisotopic (exact) mass is 492 g/mol. The van der Waals surface area contributed by atoms with Crippen molar-refractivity contribution >= 4 is 12.0 Å². The summed E-state index contributed by atoms with van der Waals surface area (Å²) < 4.78 is 22.7. The number of ether oxygens (including phenoxy) is 3.